The van der Waals surface area contributed by atoms with Crippen LogP contribution >= 0.6 is 0 Å². The molecule has 2 saturated heterocycles. The van der Waals surface area contributed by atoms with Crippen molar-refractivity contribution in [2.75, 3.05) is 19.6 Å². The van der Waals surface area contributed by atoms with Crippen molar-refractivity contribution < 1.29 is 19.2 Å². The third-order valence-electron chi connectivity index (χ3n) is 3.68. The van der Waals surface area contributed by atoms with Crippen LogP contribution in [-0.2, 0) is 19.2 Å². The van der Waals surface area contributed by atoms with Gasteiger partial charge in [-0.05, 0) is 6.92 Å². The van der Waals surface area contributed by atoms with Gasteiger partial charge in [-0.3, -0.25) is 19.2 Å². The molecule has 0 N–H and O–H groups in total. The molecule has 104 valence electrons. The highest BCUT2D eigenvalue weighted by Gasteiger charge is 2.31. The number of likely N-dealkylation sites (tertiary alicyclic amines) is 2. The fourth-order valence-corrected chi connectivity index (χ4v) is 2.56. The second kappa shape index (κ2) is 5.50. The molecule has 0 aromatic heterocycles. The highest BCUT2D eigenvalue weighted by molar-refractivity contribution is 6.01. The van der Waals surface area contributed by atoms with Crippen LogP contribution in [0.15, 0.2) is 0 Å². The predicted molar refractivity (Wildman–Crippen MR) is 66.2 cm³/mol. The predicted octanol–water partition coefficient (Wildman–Crippen LogP) is -0.242. The number of carbonyl (C=O) groups excluding carboxylic acids is 4. The number of carbonyl (C=O) groups is 4. The van der Waals surface area contributed by atoms with E-state index in [-0.39, 0.29) is 42.3 Å². The first-order chi connectivity index (χ1) is 8.97. The number of Topliss-reactive ketones (excluding diaryl/α,β-unsaturated/α-hetero) is 2. The molecule has 6 nitrogen and oxygen atoms in total. The number of piperidine rings is 2. The molecule has 0 saturated carbocycles. The van der Waals surface area contributed by atoms with E-state index >= 15 is 0 Å². The summed E-state index contributed by atoms with van der Waals surface area (Å²) in [6.07, 6.45) is 0.726. The van der Waals surface area contributed by atoms with Crippen LogP contribution in [-0.4, -0.2) is 58.9 Å². The fraction of sp³-hybridized carbons (Fsp3) is 0.692. The fourth-order valence-electron chi connectivity index (χ4n) is 2.56. The molecule has 2 aliphatic heterocycles. The van der Waals surface area contributed by atoms with Gasteiger partial charge in [0.15, 0.2) is 0 Å². The minimum absolute atomic E-state index is 0.0199. The van der Waals surface area contributed by atoms with E-state index in [0.717, 1.165) is 0 Å². The van der Waals surface area contributed by atoms with Crippen molar-refractivity contribution >= 4 is 23.4 Å². The number of nitrogens with zero attached hydrogens (tertiary/aromatic N) is 2. The Balaban J connectivity index is 1.92. The lowest BCUT2D eigenvalue weighted by molar-refractivity contribution is -0.145. The van der Waals surface area contributed by atoms with Crippen molar-refractivity contribution in [3.05, 3.63) is 0 Å². The van der Waals surface area contributed by atoms with Gasteiger partial charge in [-0.15, -0.1) is 0 Å². The molecule has 1 atom stereocenters. The molecular weight excluding hydrogens is 248 g/mol. The molecule has 2 aliphatic rings. The van der Waals surface area contributed by atoms with Crippen LogP contribution in [0.5, 0.6) is 0 Å². The SMILES string of the molecule is C[C@@H](CN1CCC(=O)CC1=O)N1CCC(=O)CC1=O. The first-order valence-corrected chi connectivity index (χ1v) is 6.58. The summed E-state index contributed by atoms with van der Waals surface area (Å²) in [7, 11) is 0. The van der Waals surface area contributed by atoms with Gasteiger partial charge in [-0.25, -0.2) is 0 Å². The summed E-state index contributed by atoms with van der Waals surface area (Å²) in [5.41, 5.74) is 0. The molecule has 0 radical (unpaired) electrons. The van der Waals surface area contributed by atoms with Crippen molar-refractivity contribution in [2.24, 2.45) is 0 Å². The van der Waals surface area contributed by atoms with E-state index in [0.29, 0.717) is 32.5 Å². The summed E-state index contributed by atoms with van der Waals surface area (Å²) in [5, 5.41) is 0. The summed E-state index contributed by atoms with van der Waals surface area (Å²) in [6, 6.07) is -0.113. The molecule has 2 fully saturated rings. The molecular formula is C13H18N2O4. The molecule has 0 bridgehead atoms. The summed E-state index contributed by atoms with van der Waals surface area (Å²) in [5.74, 6) is -0.366. The van der Waals surface area contributed by atoms with Crippen LogP contribution in [0.4, 0.5) is 0 Å². The summed E-state index contributed by atoms with van der Waals surface area (Å²) < 4.78 is 0. The number of ketones is 2. The van der Waals surface area contributed by atoms with E-state index < -0.39 is 0 Å². The molecule has 0 aromatic rings. The van der Waals surface area contributed by atoms with Gasteiger partial charge in [0.05, 0.1) is 12.8 Å². The smallest absolute Gasteiger partial charge is 0.230 e. The van der Waals surface area contributed by atoms with Crippen molar-refractivity contribution in [3.8, 4) is 0 Å². The van der Waals surface area contributed by atoms with Crippen molar-refractivity contribution in [3.63, 3.8) is 0 Å². The number of hydrogen-bond acceptors (Lipinski definition) is 4. The van der Waals surface area contributed by atoms with E-state index in [2.05, 4.69) is 0 Å². The first kappa shape index (κ1) is 13.7. The van der Waals surface area contributed by atoms with E-state index in [4.69, 9.17) is 0 Å². The molecule has 2 rings (SSSR count). The standard InChI is InChI=1S/C13H18N2O4/c1-9(15-5-3-11(17)7-13(15)19)8-14-4-2-10(16)6-12(14)18/h9H,2-8H2,1H3/t9-/m0/s1. The molecule has 0 unspecified atom stereocenters. The highest BCUT2D eigenvalue weighted by atomic mass is 16.2. The third kappa shape index (κ3) is 3.19. The number of rotatable bonds is 3. The Kier molecular flexibility index (Phi) is 3.97. The second-order valence-corrected chi connectivity index (χ2v) is 5.21. The quantitative estimate of drug-likeness (QED) is 0.661. The van der Waals surface area contributed by atoms with E-state index in [9.17, 15) is 19.2 Å². The molecule has 0 spiro atoms. The topological polar surface area (TPSA) is 74.8 Å². The Bertz CT molecular complexity index is 432. The summed E-state index contributed by atoms with van der Waals surface area (Å²) in [4.78, 5) is 49.1. The molecule has 2 heterocycles. The maximum absolute atomic E-state index is 11.8. The van der Waals surface area contributed by atoms with Crippen molar-refractivity contribution in [1.82, 2.24) is 9.80 Å². The van der Waals surface area contributed by atoms with Crippen LogP contribution in [0, 0.1) is 0 Å². The number of hydrogen-bond donors (Lipinski definition) is 0. The van der Waals surface area contributed by atoms with Crippen LogP contribution in [0.2, 0.25) is 0 Å². The summed E-state index contributed by atoms with van der Waals surface area (Å²) in [6.45, 7) is 3.17. The lowest BCUT2D eigenvalue weighted by Gasteiger charge is -2.36. The van der Waals surface area contributed by atoms with Gasteiger partial charge in [-0.1, -0.05) is 0 Å². The van der Waals surface area contributed by atoms with Gasteiger partial charge in [0.1, 0.15) is 11.6 Å². The Morgan fingerprint density at radius 3 is 2.11 bits per heavy atom. The van der Waals surface area contributed by atoms with Gasteiger partial charge in [0.25, 0.3) is 0 Å². The van der Waals surface area contributed by atoms with Crippen LogP contribution in [0.25, 0.3) is 0 Å². The van der Waals surface area contributed by atoms with Gasteiger partial charge in [0.2, 0.25) is 11.8 Å². The van der Waals surface area contributed by atoms with Crippen molar-refractivity contribution in [2.45, 2.75) is 38.6 Å². The molecule has 6 heteroatoms. The second-order valence-electron chi connectivity index (χ2n) is 5.21. The Morgan fingerprint density at radius 2 is 1.53 bits per heavy atom. The molecule has 19 heavy (non-hydrogen) atoms. The monoisotopic (exact) mass is 266 g/mol. The average molecular weight is 266 g/mol. The van der Waals surface area contributed by atoms with Gasteiger partial charge < -0.3 is 9.80 Å². The molecule has 0 aliphatic carbocycles. The zero-order valence-corrected chi connectivity index (χ0v) is 11.1. The Hall–Kier alpha value is -1.72. The van der Waals surface area contributed by atoms with Gasteiger partial charge in [-0.2, -0.15) is 0 Å². The van der Waals surface area contributed by atoms with Crippen LogP contribution in [0.3, 0.4) is 0 Å². The van der Waals surface area contributed by atoms with Crippen LogP contribution in [0.1, 0.15) is 32.6 Å². The maximum atomic E-state index is 11.8. The Morgan fingerprint density at radius 1 is 0.947 bits per heavy atom. The zero-order chi connectivity index (χ0) is 14.0. The van der Waals surface area contributed by atoms with E-state index in [1.807, 2.05) is 6.92 Å². The zero-order valence-electron chi connectivity index (χ0n) is 11.1. The minimum atomic E-state index is -0.163. The van der Waals surface area contributed by atoms with Gasteiger partial charge >= 0.3 is 0 Å². The normalized spacial score (nSPS) is 23.0. The summed E-state index contributed by atoms with van der Waals surface area (Å²) >= 11 is 0. The number of amides is 2. The Labute approximate surface area is 111 Å². The molecule has 0 aromatic carbocycles. The van der Waals surface area contributed by atoms with Crippen LogP contribution < -0.4 is 0 Å². The largest absolute Gasteiger partial charge is 0.340 e. The van der Waals surface area contributed by atoms with E-state index in [1.54, 1.807) is 9.80 Å². The van der Waals surface area contributed by atoms with Crippen molar-refractivity contribution in [1.29, 1.82) is 0 Å². The average Bonchev–Trinajstić information content (AvgIpc) is 2.32. The lowest BCUT2D eigenvalue weighted by atomic mass is 10.0. The minimum Gasteiger partial charge on any atom is -0.340 e. The highest BCUT2D eigenvalue weighted by Crippen LogP contribution is 2.15. The van der Waals surface area contributed by atoms with E-state index in [1.165, 1.54) is 0 Å². The van der Waals surface area contributed by atoms with Gasteiger partial charge in [0, 0.05) is 38.5 Å². The maximum Gasteiger partial charge on any atom is 0.230 e. The first-order valence-electron chi connectivity index (χ1n) is 6.58. The molecule has 2 amide bonds. The third-order valence-corrected chi connectivity index (χ3v) is 3.68. The lowest BCUT2D eigenvalue weighted by Crippen LogP contribution is -2.51.